The first-order valence-corrected chi connectivity index (χ1v) is 10.3. The molecule has 0 atom stereocenters. The minimum atomic E-state index is -4.03. The van der Waals surface area contributed by atoms with Crippen molar-refractivity contribution in [3.8, 4) is 0 Å². The SMILES string of the molecule is CNS(=O)(=O)c1cc(NS(=O)(=O)c2cccc(Cl)c2Cl)ccc1C. The maximum absolute atomic E-state index is 12.5. The molecule has 0 unspecified atom stereocenters. The standard InChI is InChI=1S/C14H14Cl2N2O4S2/c1-9-6-7-10(8-13(9)23(19,20)17-2)18-24(21,22)12-5-3-4-11(15)14(12)16/h3-8,17-18H,1-2H3. The van der Waals surface area contributed by atoms with Gasteiger partial charge in [0.25, 0.3) is 10.0 Å². The van der Waals surface area contributed by atoms with Crippen molar-refractivity contribution in [2.45, 2.75) is 16.7 Å². The van der Waals surface area contributed by atoms with Gasteiger partial charge in [0.2, 0.25) is 10.0 Å². The third kappa shape index (κ3) is 3.84. The van der Waals surface area contributed by atoms with Crippen LogP contribution in [0.25, 0.3) is 0 Å². The number of halogens is 2. The van der Waals surface area contributed by atoms with Gasteiger partial charge in [-0.1, -0.05) is 35.3 Å². The van der Waals surface area contributed by atoms with Crippen molar-refractivity contribution >= 4 is 48.9 Å². The quantitative estimate of drug-likeness (QED) is 0.794. The van der Waals surface area contributed by atoms with E-state index in [0.717, 1.165) is 0 Å². The van der Waals surface area contributed by atoms with E-state index < -0.39 is 20.0 Å². The van der Waals surface area contributed by atoms with Gasteiger partial charge in [-0.25, -0.2) is 21.6 Å². The van der Waals surface area contributed by atoms with E-state index in [0.29, 0.717) is 5.56 Å². The molecule has 0 amide bonds. The summed E-state index contributed by atoms with van der Waals surface area (Å²) in [6.45, 7) is 1.61. The third-order valence-corrected chi connectivity index (χ3v) is 7.12. The molecule has 2 N–H and O–H groups in total. The van der Waals surface area contributed by atoms with Gasteiger partial charge in [-0.3, -0.25) is 4.72 Å². The molecule has 0 aliphatic rings. The lowest BCUT2D eigenvalue weighted by atomic mass is 10.2. The zero-order chi connectivity index (χ0) is 18.1. The molecular weight excluding hydrogens is 395 g/mol. The Morgan fingerprint density at radius 3 is 2.21 bits per heavy atom. The van der Waals surface area contributed by atoms with E-state index in [-0.39, 0.29) is 25.5 Å². The van der Waals surface area contributed by atoms with E-state index >= 15 is 0 Å². The molecule has 2 aromatic carbocycles. The second kappa shape index (κ2) is 6.89. The van der Waals surface area contributed by atoms with Gasteiger partial charge < -0.3 is 0 Å². The van der Waals surface area contributed by atoms with Gasteiger partial charge in [-0.05, 0) is 43.8 Å². The van der Waals surface area contributed by atoms with Gasteiger partial charge in [-0.2, -0.15) is 0 Å². The average molecular weight is 409 g/mol. The second-order valence-electron chi connectivity index (χ2n) is 4.85. The van der Waals surface area contributed by atoms with Crippen molar-refractivity contribution in [1.82, 2.24) is 4.72 Å². The van der Waals surface area contributed by atoms with Crippen LogP contribution in [-0.4, -0.2) is 23.9 Å². The summed E-state index contributed by atoms with van der Waals surface area (Å²) in [6.07, 6.45) is 0. The third-order valence-electron chi connectivity index (χ3n) is 3.20. The fraction of sp³-hybridized carbons (Fsp3) is 0.143. The Bertz CT molecular complexity index is 990. The summed E-state index contributed by atoms with van der Waals surface area (Å²) in [5.41, 5.74) is 0.568. The van der Waals surface area contributed by atoms with Crippen molar-refractivity contribution in [2.75, 3.05) is 11.8 Å². The van der Waals surface area contributed by atoms with Crippen LogP contribution in [0.5, 0.6) is 0 Å². The van der Waals surface area contributed by atoms with Crippen LogP contribution in [0.15, 0.2) is 46.2 Å². The van der Waals surface area contributed by atoms with Crippen molar-refractivity contribution in [2.24, 2.45) is 0 Å². The van der Waals surface area contributed by atoms with Crippen LogP contribution < -0.4 is 9.44 Å². The fourth-order valence-electron chi connectivity index (χ4n) is 1.96. The summed E-state index contributed by atoms with van der Waals surface area (Å²) >= 11 is 11.8. The molecule has 0 bridgehead atoms. The van der Waals surface area contributed by atoms with Gasteiger partial charge in [-0.15, -0.1) is 0 Å². The summed E-state index contributed by atoms with van der Waals surface area (Å²) in [5, 5.41) is -0.0104. The lowest BCUT2D eigenvalue weighted by Gasteiger charge is -2.12. The Morgan fingerprint density at radius 2 is 1.58 bits per heavy atom. The zero-order valence-corrected chi connectivity index (χ0v) is 15.8. The molecule has 130 valence electrons. The smallest absolute Gasteiger partial charge is 0.263 e. The Kier molecular flexibility index (Phi) is 5.46. The Labute approximate surface area is 150 Å². The van der Waals surface area contributed by atoms with Crippen LogP contribution in [-0.2, 0) is 20.0 Å². The Balaban J connectivity index is 2.48. The molecule has 0 radical (unpaired) electrons. The number of anilines is 1. The van der Waals surface area contributed by atoms with Crippen molar-refractivity contribution in [1.29, 1.82) is 0 Å². The van der Waals surface area contributed by atoms with Gasteiger partial charge in [0.15, 0.2) is 0 Å². The van der Waals surface area contributed by atoms with Gasteiger partial charge in [0.05, 0.1) is 20.6 Å². The summed E-state index contributed by atoms with van der Waals surface area (Å²) in [5.74, 6) is 0. The maximum atomic E-state index is 12.5. The highest BCUT2D eigenvalue weighted by Gasteiger charge is 2.21. The highest BCUT2D eigenvalue weighted by Crippen LogP contribution is 2.30. The van der Waals surface area contributed by atoms with Crippen LogP contribution in [0, 0.1) is 6.92 Å². The van der Waals surface area contributed by atoms with E-state index in [2.05, 4.69) is 9.44 Å². The molecular formula is C14H14Cl2N2O4S2. The second-order valence-corrected chi connectivity index (χ2v) is 9.14. The largest absolute Gasteiger partial charge is 0.280 e. The zero-order valence-electron chi connectivity index (χ0n) is 12.7. The predicted octanol–water partition coefficient (Wildman–Crippen LogP) is 3.01. The topological polar surface area (TPSA) is 92.3 Å². The molecule has 0 spiro atoms. The van der Waals surface area contributed by atoms with E-state index in [9.17, 15) is 16.8 Å². The summed E-state index contributed by atoms with van der Waals surface area (Å²) in [4.78, 5) is -0.224. The van der Waals surface area contributed by atoms with Crippen LogP contribution >= 0.6 is 23.2 Å². The van der Waals surface area contributed by atoms with Crippen LogP contribution in [0.2, 0.25) is 10.0 Å². The van der Waals surface area contributed by atoms with Crippen LogP contribution in [0.4, 0.5) is 5.69 Å². The number of benzene rings is 2. The Morgan fingerprint density at radius 1 is 0.917 bits per heavy atom. The van der Waals surface area contributed by atoms with E-state index in [1.54, 1.807) is 6.92 Å². The number of hydrogen-bond donors (Lipinski definition) is 2. The van der Waals surface area contributed by atoms with Crippen molar-refractivity contribution < 1.29 is 16.8 Å². The van der Waals surface area contributed by atoms with Crippen molar-refractivity contribution in [3.63, 3.8) is 0 Å². The fourth-order valence-corrected chi connectivity index (χ4v) is 4.77. The number of nitrogens with one attached hydrogen (secondary N) is 2. The molecule has 24 heavy (non-hydrogen) atoms. The monoisotopic (exact) mass is 408 g/mol. The summed E-state index contributed by atoms with van der Waals surface area (Å²) < 4.78 is 53.4. The number of aryl methyl sites for hydroxylation is 1. The molecule has 0 heterocycles. The molecule has 0 saturated carbocycles. The van der Waals surface area contributed by atoms with E-state index in [1.807, 2.05) is 0 Å². The van der Waals surface area contributed by atoms with Gasteiger partial charge >= 0.3 is 0 Å². The van der Waals surface area contributed by atoms with E-state index in [1.165, 1.54) is 43.4 Å². The van der Waals surface area contributed by atoms with Crippen LogP contribution in [0.1, 0.15) is 5.56 Å². The minimum Gasteiger partial charge on any atom is -0.280 e. The molecule has 0 aromatic heterocycles. The van der Waals surface area contributed by atoms with E-state index in [4.69, 9.17) is 23.2 Å². The van der Waals surface area contributed by atoms with Gasteiger partial charge in [0, 0.05) is 0 Å². The van der Waals surface area contributed by atoms with Crippen molar-refractivity contribution in [3.05, 3.63) is 52.0 Å². The first-order valence-electron chi connectivity index (χ1n) is 6.59. The molecule has 2 aromatic rings. The molecule has 2 rings (SSSR count). The molecule has 0 aliphatic carbocycles. The molecule has 0 aliphatic heterocycles. The number of sulfonamides is 2. The molecule has 10 heteroatoms. The summed E-state index contributed by atoms with van der Waals surface area (Å²) in [6, 6.07) is 8.41. The maximum Gasteiger partial charge on any atom is 0.263 e. The first kappa shape index (κ1) is 19.0. The predicted molar refractivity (Wildman–Crippen MR) is 94.7 cm³/mol. The van der Waals surface area contributed by atoms with Gasteiger partial charge in [0.1, 0.15) is 4.90 Å². The number of rotatable bonds is 5. The Hall–Kier alpha value is -1.32. The first-order chi connectivity index (χ1) is 11.1. The average Bonchev–Trinajstić information content (AvgIpc) is 2.51. The highest BCUT2D eigenvalue weighted by atomic mass is 35.5. The highest BCUT2D eigenvalue weighted by molar-refractivity contribution is 7.93. The lowest BCUT2D eigenvalue weighted by Crippen LogP contribution is -2.20. The minimum absolute atomic E-state index is 0.0256. The summed E-state index contributed by atoms with van der Waals surface area (Å²) in [7, 11) is -6.47. The molecule has 6 nitrogen and oxygen atoms in total. The number of hydrogen-bond acceptors (Lipinski definition) is 4. The van der Waals surface area contributed by atoms with Crippen LogP contribution in [0.3, 0.4) is 0 Å². The normalized spacial score (nSPS) is 12.2. The molecule has 0 fully saturated rings. The lowest BCUT2D eigenvalue weighted by molar-refractivity contribution is 0.587. The molecule has 0 saturated heterocycles.